The average molecular weight is 317 g/mol. The van der Waals surface area contributed by atoms with Crippen LogP contribution in [0.5, 0.6) is 5.75 Å². The van der Waals surface area contributed by atoms with Gasteiger partial charge in [0, 0.05) is 12.1 Å². The van der Waals surface area contributed by atoms with Crippen molar-refractivity contribution in [1.29, 1.82) is 0 Å². The van der Waals surface area contributed by atoms with E-state index in [0.717, 1.165) is 0 Å². The van der Waals surface area contributed by atoms with Gasteiger partial charge in [0.15, 0.2) is 0 Å². The molecule has 7 nitrogen and oxygen atoms in total. The van der Waals surface area contributed by atoms with Gasteiger partial charge in [0.25, 0.3) is 5.69 Å². The van der Waals surface area contributed by atoms with E-state index in [-0.39, 0.29) is 23.9 Å². The number of nitro benzene ring substituents is 1. The largest absolute Gasteiger partial charge is 0.490 e. The summed E-state index contributed by atoms with van der Waals surface area (Å²) in [6.45, 7) is 5.68. The first-order chi connectivity index (χ1) is 9.69. The fourth-order valence-electron chi connectivity index (χ4n) is 1.35. The summed E-state index contributed by atoms with van der Waals surface area (Å²) in [7, 11) is 0. The number of alkyl carbamates (subject to hydrolysis) is 1. The Morgan fingerprint density at radius 2 is 2.10 bits per heavy atom. The minimum absolute atomic E-state index is 0.112. The molecule has 1 aromatic rings. The van der Waals surface area contributed by atoms with Crippen molar-refractivity contribution in [2.45, 2.75) is 26.4 Å². The first kappa shape index (κ1) is 17.0. The summed E-state index contributed by atoms with van der Waals surface area (Å²) in [6, 6.07) is 3.91. The number of halogens is 1. The van der Waals surface area contributed by atoms with Crippen LogP contribution >= 0.6 is 11.6 Å². The van der Waals surface area contributed by atoms with Gasteiger partial charge >= 0.3 is 6.09 Å². The maximum atomic E-state index is 11.4. The fraction of sp³-hybridized carbons (Fsp3) is 0.462. The number of carbonyl (C=O) groups excluding carboxylic acids is 1. The third kappa shape index (κ3) is 6.31. The zero-order valence-corrected chi connectivity index (χ0v) is 12.8. The predicted molar refractivity (Wildman–Crippen MR) is 77.8 cm³/mol. The van der Waals surface area contributed by atoms with Crippen LogP contribution in [0.2, 0.25) is 5.02 Å². The van der Waals surface area contributed by atoms with Crippen LogP contribution in [0.25, 0.3) is 0 Å². The van der Waals surface area contributed by atoms with E-state index in [1.165, 1.54) is 18.2 Å². The van der Waals surface area contributed by atoms with E-state index < -0.39 is 16.6 Å². The number of rotatable bonds is 5. The third-order valence-corrected chi connectivity index (χ3v) is 2.45. The Bertz CT molecular complexity index is 528. The highest BCUT2D eigenvalue weighted by molar-refractivity contribution is 6.32. The van der Waals surface area contributed by atoms with Crippen LogP contribution in [-0.2, 0) is 4.74 Å². The second-order valence-electron chi connectivity index (χ2n) is 5.15. The molecule has 0 heterocycles. The predicted octanol–water partition coefficient (Wildman–Crippen LogP) is 3.15. The number of ether oxygens (including phenoxy) is 2. The number of hydrogen-bond donors (Lipinski definition) is 1. The molecule has 0 atom stereocenters. The maximum absolute atomic E-state index is 11.4. The maximum Gasteiger partial charge on any atom is 0.407 e. The highest BCUT2D eigenvalue weighted by atomic mass is 35.5. The zero-order valence-electron chi connectivity index (χ0n) is 12.0. The van der Waals surface area contributed by atoms with Crippen molar-refractivity contribution in [2.75, 3.05) is 13.2 Å². The first-order valence-electron chi connectivity index (χ1n) is 6.22. The third-order valence-electron chi connectivity index (χ3n) is 2.15. The monoisotopic (exact) mass is 316 g/mol. The van der Waals surface area contributed by atoms with Gasteiger partial charge in [0.2, 0.25) is 0 Å². The highest BCUT2D eigenvalue weighted by Gasteiger charge is 2.15. The van der Waals surface area contributed by atoms with Crippen molar-refractivity contribution < 1.29 is 19.2 Å². The second-order valence-corrected chi connectivity index (χ2v) is 5.56. The van der Waals surface area contributed by atoms with Crippen LogP contribution in [0, 0.1) is 10.1 Å². The Balaban J connectivity index is 2.40. The molecular formula is C13H17ClN2O5. The SMILES string of the molecule is CC(C)(C)OC(=O)NCCOc1ccc([N+](=O)[O-])cc1Cl. The van der Waals surface area contributed by atoms with E-state index in [0.29, 0.717) is 5.75 Å². The number of non-ortho nitro benzene ring substituents is 1. The Hall–Kier alpha value is -2.02. The zero-order chi connectivity index (χ0) is 16.0. The summed E-state index contributed by atoms with van der Waals surface area (Å²) in [4.78, 5) is 21.4. The van der Waals surface area contributed by atoms with Gasteiger partial charge in [0.1, 0.15) is 18.0 Å². The van der Waals surface area contributed by atoms with Crippen molar-refractivity contribution in [3.05, 3.63) is 33.3 Å². The number of nitro groups is 1. The van der Waals surface area contributed by atoms with Crippen molar-refractivity contribution in [1.82, 2.24) is 5.32 Å². The molecule has 0 aliphatic rings. The summed E-state index contributed by atoms with van der Waals surface area (Å²) in [5.41, 5.74) is -0.675. The van der Waals surface area contributed by atoms with Gasteiger partial charge in [-0.1, -0.05) is 11.6 Å². The lowest BCUT2D eigenvalue weighted by molar-refractivity contribution is -0.384. The van der Waals surface area contributed by atoms with E-state index in [1.54, 1.807) is 20.8 Å². The van der Waals surface area contributed by atoms with Crippen molar-refractivity contribution in [3.8, 4) is 5.75 Å². The summed E-state index contributed by atoms with van der Waals surface area (Å²) >= 11 is 5.86. The molecule has 0 unspecified atom stereocenters. The molecule has 0 saturated carbocycles. The number of amides is 1. The number of nitrogens with one attached hydrogen (secondary N) is 1. The first-order valence-corrected chi connectivity index (χ1v) is 6.60. The number of nitrogens with zero attached hydrogens (tertiary/aromatic N) is 1. The molecule has 1 N–H and O–H groups in total. The summed E-state index contributed by atoms with van der Waals surface area (Å²) in [5.74, 6) is 0.313. The standard InChI is InChI=1S/C13H17ClN2O5/c1-13(2,3)21-12(17)15-6-7-20-11-5-4-9(16(18)19)8-10(11)14/h4-5,8H,6-7H2,1-3H3,(H,15,17). The van der Waals surface area contributed by atoms with E-state index in [9.17, 15) is 14.9 Å². The van der Waals surface area contributed by atoms with Gasteiger partial charge in [-0.15, -0.1) is 0 Å². The minimum Gasteiger partial charge on any atom is -0.490 e. The lowest BCUT2D eigenvalue weighted by atomic mass is 10.2. The molecule has 21 heavy (non-hydrogen) atoms. The molecule has 1 amide bonds. The Morgan fingerprint density at radius 3 is 2.62 bits per heavy atom. The fourth-order valence-corrected chi connectivity index (χ4v) is 1.58. The van der Waals surface area contributed by atoms with E-state index >= 15 is 0 Å². The minimum atomic E-state index is -0.563. The van der Waals surface area contributed by atoms with Crippen LogP contribution < -0.4 is 10.1 Å². The van der Waals surface area contributed by atoms with Gasteiger partial charge in [-0.2, -0.15) is 0 Å². The quantitative estimate of drug-likeness (QED) is 0.512. The lowest BCUT2D eigenvalue weighted by Gasteiger charge is -2.19. The molecule has 1 rings (SSSR count). The van der Waals surface area contributed by atoms with Crippen LogP contribution in [0.4, 0.5) is 10.5 Å². The number of benzene rings is 1. The summed E-state index contributed by atoms with van der Waals surface area (Å²) < 4.78 is 10.4. The molecule has 116 valence electrons. The van der Waals surface area contributed by atoms with Crippen molar-refractivity contribution in [3.63, 3.8) is 0 Å². The lowest BCUT2D eigenvalue weighted by Crippen LogP contribution is -2.34. The molecule has 0 radical (unpaired) electrons. The molecule has 0 aliphatic heterocycles. The topological polar surface area (TPSA) is 90.7 Å². The van der Waals surface area contributed by atoms with E-state index in [4.69, 9.17) is 21.1 Å². The van der Waals surface area contributed by atoms with Gasteiger partial charge in [0.05, 0.1) is 16.5 Å². The highest BCUT2D eigenvalue weighted by Crippen LogP contribution is 2.28. The number of hydrogen-bond acceptors (Lipinski definition) is 5. The molecule has 0 aliphatic carbocycles. The van der Waals surface area contributed by atoms with Crippen LogP contribution in [-0.4, -0.2) is 29.8 Å². The molecule has 0 fully saturated rings. The molecule has 8 heteroatoms. The van der Waals surface area contributed by atoms with Crippen LogP contribution in [0.3, 0.4) is 0 Å². The van der Waals surface area contributed by atoms with Crippen molar-refractivity contribution >= 4 is 23.4 Å². The smallest absolute Gasteiger partial charge is 0.407 e. The van der Waals surface area contributed by atoms with Crippen LogP contribution in [0.1, 0.15) is 20.8 Å². The van der Waals surface area contributed by atoms with E-state index in [2.05, 4.69) is 5.32 Å². The normalized spacial score (nSPS) is 10.9. The summed E-state index contributed by atoms with van der Waals surface area (Å²) in [6.07, 6.45) is -0.541. The molecule has 0 spiro atoms. The molecular weight excluding hydrogens is 300 g/mol. The van der Waals surface area contributed by atoms with Gasteiger partial charge in [-0.05, 0) is 26.8 Å². The average Bonchev–Trinajstić information content (AvgIpc) is 2.33. The van der Waals surface area contributed by atoms with Gasteiger partial charge < -0.3 is 14.8 Å². The van der Waals surface area contributed by atoms with Crippen LogP contribution in [0.15, 0.2) is 18.2 Å². The summed E-state index contributed by atoms with van der Waals surface area (Å²) in [5, 5.41) is 13.2. The van der Waals surface area contributed by atoms with Gasteiger partial charge in [-0.3, -0.25) is 10.1 Å². The second kappa shape index (κ2) is 7.12. The van der Waals surface area contributed by atoms with E-state index in [1.807, 2.05) is 0 Å². The molecule has 1 aromatic carbocycles. The Kier molecular flexibility index (Phi) is 5.78. The Morgan fingerprint density at radius 1 is 1.43 bits per heavy atom. The number of carbonyl (C=O) groups is 1. The van der Waals surface area contributed by atoms with Gasteiger partial charge in [-0.25, -0.2) is 4.79 Å². The van der Waals surface area contributed by atoms with Crippen molar-refractivity contribution in [2.24, 2.45) is 0 Å². The molecule has 0 bridgehead atoms. The molecule has 0 saturated heterocycles. The Labute approximate surface area is 127 Å². The molecule has 0 aromatic heterocycles.